The summed E-state index contributed by atoms with van der Waals surface area (Å²) in [7, 11) is 0. The molecule has 1 aliphatic heterocycles. The van der Waals surface area contributed by atoms with Gasteiger partial charge in [0.25, 0.3) is 5.60 Å². The van der Waals surface area contributed by atoms with E-state index >= 15 is 0 Å². The molecule has 1 saturated heterocycles. The largest absolute Gasteiger partial charge is 0.388 e. The van der Waals surface area contributed by atoms with Gasteiger partial charge in [-0.25, -0.2) is 9.59 Å². The molecule has 1 fully saturated rings. The van der Waals surface area contributed by atoms with Crippen LogP contribution in [0.2, 0.25) is 0 Å². The van der Waals surface area contributed by atoms with Crippen molar-refractivity contribution >= 4 is 17.7 Å². The van der Waals surface area contributed by atoms with Crippen LogP contribution in [-0.4, -0.2) is 39.6 Å². The minimum Gasteiger partial charge on any atom is -0.388 e. The van der Waals surface area contributed by atoms with Crippen LogP contribution in [0.5, 0.6) is 0 Å². The highest BCUT2D eigenvalue weighted by Crippen LogP contribution is 2.27. The van der Waals surface area contributed by atoms with Crippen molar-refractivity contribution in [2.75, 3.05) is 0 Å². The molecule has 6 nitrogen and oxygen atoms in total. The Bertz CT molecular complexity index is 591. The van der Waals surface area contributed by atoms with E-state index in [1.54, 1.807) is 13.0 Å². The zero-order valence-corrected chi connectivity index (χ0v) is 10.3. The lowest BCUT2D eigenvalue weighted by molar-refractivity contribution is -0.156. The maximum Gasteiger partial charge on any atom is 0.357 e. The van der Waals surface area contributed by atoms with E-state index in [1.807, 2.05) is 6.92 Å². The number of carbonyl (C=O) groups is 3. The normalized spacial score (nSPS) is 26.4. The Labute approximate surface area is 108 Å². The van der Waals surface area contributed by atoms with E-state index in [0.29, 0.717) is 0 Å². The number of ether oxygens (including phenoxy) is 1. The van der Waals surface area contributed by atoms with Crippen LogP contribution in [-0.2, 0) is 14.3 Å². The summed E-state index contributed by atoms with van der Waals surface area (Å²) in [4.78, 5) is 34.6. The molecule has 2 N–H and O–H groups in total. The maximum absolute atomic E-state index is 12.1. The van der Waals surface area contributed by atoms with Crippen LogP contribution in [0, 0.1) is 13.8 Å². The molecular formula is C13H12O6. The Morgan fingerprint density at radius 2 is 1.89 bits per heavy atom. The molecule has 19 heavy (non-hydrogen) atoms. The fraction of sp³-hybridized carbons (Fsp3) is 0.308. The molecule has 2 atom stereocenters. The Kier molecular flexibility index (Phi) is 3.00. The summed E-state index contributed by atoms with van der Waals surface area (Å²) < 4.78 is 4.09. The van der Waals surface area contributed by atoms with Gasteiger partial charge in [0.15, 0.2) is 6.10 Å². The summed E-state index contributed by atoms with van der Waals surface area (Å²) in [5, 5.41) is 19.5. The number of hydrogen-bond acceptors (Lipinski definition) is 6. The van der Waals surface area contributed by atoms with Crippen molar-refractivity contribution in [2.24, 2.45) is 0 Å². The SMILES string of the molecule is Cc1ccc(C(=O)[C@@]2(O)C(=O)OC(=O)[C@H]2O)cc1C. The van der Waals surface area contributed by atoms with Crippen molar-refractivity contribution in [1.29, 1.82) is 0 Å². The Hall–Kier alpha value is -2.05. The van der Waals surface area contributed by atoms with Gasteiger partial charge in [-0.15, -0.1) is 0 Å². The first kappa shape index (κ1) is 13.4. The molecule has 1 aromatic rings. The second-order valence-corrected chi connectivity index (χ2v) is 4.51. The molecule has 0 amide bonds. The van der Waals surface area contributed by atoms with Crippen LogP contribution < -0.4 is 0 Å². The molecule has 0 bridgehead atoms. The predicted octanol–water partition coefficient (Wildman–Crippen LogP) is -0.338. The first-order valence-electron chi connectivity index (χ1n) is 5.57. The molecule has 1 aromatic carbocycles. The molecular weight excluding hydrogens is 252 g/mol. The first-order chi connectivity index (χ1) is 8.78. The third-order valence-corrected chi connectivity index (χ3v) is 3.24. The van der Waals surface area contributed by atoms with E-state index in [9.17, 15) is 24.6 Å². The van der Waals surface area contributed by atoms with Crippen molar-refractivity contribution < 1.29 is 29.3 Å². The lowest BCUT2D eigenvalue weighted by atomic mass is 9.88. The molecule has 0 radical (unpaired) electrons. The number of cyclic esters (lactones) is 2. The first-order valence-corrected chi connectivity index (χ1v) is 5.57. The lowest BCUT2D eigenvalue weighted by Gasteiger charge is -2.19. The average Bonchev–Trinajstić information content (AvgIpc) is 2.57. The van der Waals surface area contributed by atoms with Crippen molar-refractivity contribution in [3.8, 4) is 0 Å². The van der Waals surface area contributed by atoms with Gasteiger partial charge in [0.1, 0.15) is 0 Å². The van der Waals surface area contributed by atoms with E-state index in [0.717, 1.165) is 11.1 Å². The summed E-state index contributed by atoms with van der Waals surface area (Å²) in [5.74, 6) is -3.84. The van der Waals surface area contributed by atoms with Gasteiger partial charge >= 0.3 is 11.9 Å². The van der Waals surface area contributed by atoms with Gasteiger partial charge in [0.2, 0.25) is 5.78 Å². The highest BCUT2D eigenvalue weighted by molar-refractivity contribution is 6.22. The lowest BCUT2D eigenvalue weighted by Crippen LogP contribution is -2.52. The van der Waals surface area contributed by atoms with Gasteiger partial charge in [-0.05, 0) is 31.0 Å². The smallest absolute Gasteiger partial charge is 0.357 e. The van der Waals surface area contributed by atoms with Crippen LogP contribution in [0.1, 0.15) is 21.5 Å². The van der Waals surface area contributed by atoms with E-state index < -0.39 is 29.4 Å². The van der Waals surface area contributed by atoms with Gasteiger partial charge in [-0.3, -0.25) is 4.79 Å². The third kappa shape index (κ3) is 1.85. The summed E-state index contributed by atoms with van der Waals surface area (Å²) in [6.45, 7) is 3.59. The summed E-state index contributed by atoms with van der Waals surface area (Å²) >= 11 is 0. The quantitative estimate of drug-likeness (QED) is 0.430. The average molecular weight is 264 g/mol. The van der Waals surface area contributed by atoms with Crippen molar-refractivity contribution in [3.63, 3.8) is 0 Å². The topological polar surface area (TPSA) is 101 Å². The van der Waals surface area contributed by atoms with Gasteiger partial charge in [-0.2, -0.15) is 0 Å². The number of rotatable bonds is 2. The van der Waals surface area contributed by atoms with Crippen molar-refractivity contribution in [2.45, 2.75) is 25.6 Å². The zero-order valence-electron chi connectivity index (χ0n) is 10.3. The molecule has 0 aliphatic carbocycles. The number of aliphatic hydroxyl groups is 2. The van der Waals surface area contributed by atoms with E-state index in [2.05, 4.69) is 4.74 Å². The predicted molar refractivity (Wildman–Crippen MR) is 62.3 cm³/mol. The van der Waals surface area contributed by atoms with Crippen LogP contribution in [0.25, 0.3) is 0 Å². The second kappa shape index (κ2) is 4.25. The Morgan fingerprint density at radius 1 is 1.26 bits per heavy atom. The van der Waals surface area contributed by atoms with Crippen LogP contribution in [0.15, 0.2) is 18.2 Å². The second-order valence-electron chi connectivity index (χ2n) is 4.51. The number of hydrogen-bond donors (Lipinski definition) is 2. The monoisotopic (exact) mass is 264 g/mol. The molecule has 0 saturated carbocycles. The maximum atomic E-state index is 12.1. The fourth-order valence-corrected chi connectivity index (χ4v) is 1.83. The number of Topliss-reactive ketones (excluding diaryl/α,β-unsaturated/α-hetero) is 1. The highest BCUT2D eigenvalue weighted by Gasteiger charge is 2.62. The highest BCUT2D eigenvalue weighted by atomic mass is 16.6. The minimum atomic E-state index is -2.86. The molecule has 0 unspecified atom stereocenters. The molecule has 2 rings (SSSR count). The van der Waals surface area contributed by atoms with Crippen LogP contribution in [0.4, 0.5) is 0 Å². The summed E-state index contributed by atoms with van der Waals surface area (Å²) in [6.07, 6.45) is -2.20. The number of aryl methyl sites for hydroxylation is 2. The Morgan fingerprint density at radius 3 is 2.37 bits per heavy atom. The minimum absolute atomic E-state index is 0.0244. The summed E-state index contributed by atoms with van der Waals surface area (Å²) in [6, 6.07) is 4.52. The Balaban J connectivity index is 2.46. The zero-order chi connectivity index (χ0) is 14.4. The van der Waals surface area contributed by atoms with Crippen LogP contribution >= 0.6 is 0 Å². The van der Waals surface area contributed by atoms with Crippen molar-refractivity contribution in [3.05, 3.63) is 34.9 Å². The number of aliphatic hydroxyl groups excluding tert-OH is 1. The molecule has 1 aliphatic rings. The summed E-state index contributed by atoms with van der Waals surface area (Å²) in [5.41, 5.74) is -1.13. The van der Waals surface area contributed by atoms with Gasteiger partial charge in [0.05, 0.1) is 0 Å². The van der Waals surface area contributed by atoms with Gasteiger partial charge in [-0.1, -0.05) is 12.1 Å². The molecule has 0 aromatic heterocycles. The number of benzene rings is 1. The standard InChI is InChI=1S/C13H12O6/c1-6-3-4-8(5-7(6)2)9(14)13(18)10(15)11(16)19-12(13)17/h3-5,10,15,18H,1-2H3/t10-,13+/m1/s1. The fourth-order valence-electron chi connectivity index (χ4n) is 1.83. The number of esters is 2. The van der Waals surface area contributed by atoms with E-state index in [-0.39, 0.29) is 5.56 Å². The van der Waals surface area contributed by atoms with E-state index in [4.69, 9.17) is 0 Å². The number of ketones is 1. The molecule has 0 spiro atoms. The molecule has 1 heterocycles. The number of carbonyl (C=O) groups excluding carboxylic acids is 3. The van der Waals surface area contributed by atoms with Gasteiger partial charge in [0, 0.05) is 5.56 Å². The van der Waals surface area contributed by atoms with E-state index in [1.165, 1.54) is 12.1 Å². The van der Waals surface area contributed by atoms with Gasteiger partial charge < -0.3 is 14.9 Å². The van der Waals surface area contributed by atoms with Crippen molar-refractivity contribution in [1.82, 2.24) is 0 Å². The molecule has 6 heteroatoms. The van der Waals surface area contributed by atoms with Crippen LogP contribution in [0.3, 0.4) is 0 Å². The third-order valence-electron chi connectivity index (χ3n) is 3.24. The molecule has 100 valence electrons.